The van der Waals surface area contributed by atoms with Crippen molar-refractivity contribution in [1.29, 1.82) is 0 Å². The first-order valence-corrected chi connectivity index (χ1v) is 10.3. The quantitative estimate of drug-likeness (QED) is 0.189. The number of carbonyl (C=O) groups excluding carboxylic acids is 2. The van der Waals surface area contributed by atoms with Gasteiger partial charge in [-0.25, -0.2) is 9.59 Å². The van der Waals surface area contributed by atoms with Crippen molar-refractivity contribution in [3.63, 3.8) is 0 Å². The van der Waals surface area contributed by atoms with Crippen LogP contribution in [0.2, 0.25) is 5.02 Å². The van der Waals surface area contributed by atoms with Crippen molar-refractivity contribution < 1.29 is 28.4 Å². The van der Waals surface area contributed by atoms with Crippen molar-refractivity contribution in [2.24, 2.45) is 0 Å². The number of benzene rings is 2. The maximum absolute atomic E-state index is 12.4. The van der Waals surface area contributed by atoms with Crippen LogP contribution in [0.1, 0.15) is 33.6 Å². The second-order valence-electron chi connectivity index (χ2n) is 7.31. The van der Waals surface area contributed by atoms with Gasteiger partial charge in [-0.05, 0) is 43.2 Å². The number of esters is 1. The molecule has 1 atom stereocenters. The number of hydrogen-bond acceptors (Lipinski definition) is 8. The third-order valence-electron chi connectivity index (χ3n) is 5.06. The number of nitrogens with zero attached hydrogens (tertiary/aromatic N) is 1. The molecule has 1 N–H and O–H groups in total. The molecular weight excluding hydrogens is 456 g/mol. The van der Waals surface area contributed by atoms with E-state index in [4.69, 9.17) is 25.5 Å². The highest BCUT2D eigenvalue weighted by molar-refractivity contribution is 6.32. The summed E-state index contributed by atoms with van der Waals surface area (Å²) >= 11 is 5.75. The van der Waals surface area contributed by atoms with E-state index < -0.39 is 28.1 Å². The molecule has 11 heteroatoms. The zero-order chi connectivity index (χ0) is 23.5. The van der Waals surface area contributed by atoms with Gasteiger partial charge in [0.15, 0.2) is 0 Å². The first-order valence-electron chi connectivity index (χ1n) is 9.95. The van der Waals surface area contributed by atoms with Crippen molar-refractivity contribution >= 4 is 40.1 Å². The lowest BCUT2D eigenvalue weighted by molar-refractivity contribution is -0.384. The molecule has 33 heavy (non-hydrogen) atoms. The van der Waals surface area contributed by atoms with Gasteiger partial charge in [0.25, 0.3) is 11.6 Å². The zero-order valence-corrected chi connectivity index (χ0v) is 17.8. The summed E-state index contributed by atoms with van der Waals surface area (Å²) in [4.78, 5) is 47.4. The molecule has 0 bridgehead atoms. The molecule has 1 amide bonds. The molecule has 2 aromatic carbocycles. The lowest BCUT2D eigenvalue weighted by Crippen LogP contribution is -2.34. The van der Waals surface area contributed by atoms with E-state index in [0.29, 0.717) is 18.5 Å². The minimum absolute atomic E-state index is 0.0452. The van der Waals surface area contributed by atoms with Crippen molar-refractivity contribution in [2.45, 2.75) is 18.9 Å². The predicted octanol–water partition coefficient (Wildman–Crippen LogP) is 3.48. The highest BCUT2D eigenvalue weighted by Gasteiger charge is 2.20. The lowest BCUT2D eigenvalue weighted by Gasteiger charge is -2.10. The molecule has 2 heterocycles. The molecular formula is C22H17ClN2O8. The predicted molar refractivity (Wildman–Crippen MR) is 117 cm³/mol. The molecule has 3 aromatic rings. The Morgan fingerprint density at radius 2 is 2.03 bits per heavy atom. The normalized spacial score (nSPS) is 15.4. The van der Waals surface area contributed by atoms with Crippen molar-refractivity contribution in [3.05, 3.63) is 79.1 Å². The average molecular weight is 473 g/mol. The third-order valence-corrected chi connectivity index (χ3v) is 5.38. The highest BCUT2D eigenvalue weighted by atomic mass is 35.5. The summed E-state index contributed by atoms with van der Waals surface area (Å²) in [7, 11) is 0. The SMILES string of the molecule is O=C(Oc1ccc2cc(C(=O)NCC3CCCO3)c(=O)oc2c1)c1ccc(Cl)c([N+](=O)[O-])c1. The number of amides is 1. The minimum Gasteiger partial charge on any atom is -0.423 e. The number of hydrogen-bond donors (Lipinski definition) is 1. The Hall–Kier alpha value is -3.76. The summed E-state index contributed by atoms with van der Waals surface area (Å²) in [5, 5.41) is 14.0. The number of rotatable bonds is 6. The van der Waals surface area contributed by atoms with E-state index in [1.54, 1.807) is 0 Å². The largest absolute Gasteiger partial charge is 0.423 e. The third kappa shape index (κ3) is 5.02. The van der Waals surface area contributed by atoms with Crippen molar-refractivity contribution in [2.75, 3.05) is 13.2 Å². The molecule has 0 aliphatic carbocycles. The molecule has 0 saturated carbocycles. The standard InChI is InChI=1S/C22H17ClN2O8/c23-17-6-4-13(9-18(17)25(29)30)21(27)32-14-5-3-12-8-16(22(28)33-19(12)10-14)20(26)24-11-15-2-1-7-31-15/h3-6,8-10,15H,1-2,7,11H2,(H,24,26). The summed E-state index contributed by atoms with van der Waals surface area (Å²) in [5.41, 5.74) is -1.40. The minimum atomic E-state index is -0.860. The van der Waals surface area contributed by atoms with Gasteiger partial charge < -0.3 is 19.2 Å². The number of halogens is 1. The van der Waals surface area contributed by atoms with Gasteiger partial charge in [0.2, 0.25) is 0 Å². The van der Waals surface area contributed by atoms with E-state index >= 15 is 0 Å². The van der Waals surface area contributed by atoms with Crippen LogP contribution < -0.4 is 15.7 Å². The number of nitrogens with one attached hydrogen (secondary N) is 1. The van der Waals surface area contributed by atoms with Crippen LogP contribution in [-0.4, -0.2) is 36.1 Å². The molecule has 1 aliphatic rings. The average Bonchev–Trinajstić information content (AvgIpc) is 3.30. The van der Waals surface area contributed by atoms with E-state index in [2.05, 4.69) is 5.32 Å². The number of nitro benzene ring substituents is 1. The van der Waals surface area contributed by atoms with Crippen molar-refractivity contribution in [1.82, 2.24) is 5.32 Å². The maximum Gasteiger partial charge on any atom is 0.349 e. The van der Waals surface area contributed by atoms with Crippen LogP contribution in [-0.2, 0) is 4.74 Å². The molecule has 1 unspecified atom stereocenters. The second-order valence-corrected chi connectivity index (χ2v) is 7.71. The fourth-order valence-corrected chi connectivity index (χ4v) is 3.55. The van der Waals surface area contributed by atoms with Gasteiger partial charge in [-0.3, -0.25) is 14.9 Å². The summed E-state index contributed by atoms with van der Waals surface area (Å²) in [5.74, 6) is -1.38. The second kappa shape index (κ2) is 9.39. The van der Waals surface area contributed by atoms with Crippen LogP contribution in [0.15, 0.2) is 51.7 Å². The Kier molecular flexibility index (Phi) is 6.38. The van der Waals surface area contributed by atoms with Gasteiger partial charge >= 0.3 is 11.6 Å². The fourth-order valence-electron chi connectivity index (χ4n) is 3.37. The van der Waals surface area contributed by atoms with Crippen LogP contribution >= 0.6 is 11.6 Å². The Balaban J connectivity index is 1.51. The van der Waals surface area contributed by atoms with E-state index in [0.717, 1.165) is 18.9 Å². The van der Waals surface area contributed by atoms with Crippen LogP contribution in [0.25, 0.3) is 11.0 Å². The number of ether oxygens (including phenoxy) is 2. The topological polar surface area (TPSA) is 138 Å². The van der Waals surface area contributed by atoms with Crippen LogP contribution in [0.3, 0.4) is 0 Å². The first kappa shape index (κ1) is 22.4. The smallest absolute Gasteiger partial charge is 0.349 e. The first-order chi connectivity index (χ1) is 15.8. The molecule has 4 rings (SSSR count). The molecule has 1 aliphatic heterocycles. The molecule has 1 saturated heterocycles. The molecule has 1 fully saturated rings. The molecule has 0 radical (unpaired) electrons. The fraction of sp³-hybridized carbons (Fsp3) is 0.227. The van der Waals surface area contributed by atoms with E-state index in [1.807, 2.05) is 0 Å². The van der Waals surface area contributed by atoms with E-state index in [-0.39, 0.29) is 33.6 Å². The van der Waals surface area contributed by atoms with Gasteiger partial charge in [-0.2, -0.15) is 0 Å². The summed E-state index contributed by atoms with van der Waals surface area (Å²) in [6.07, 6.45) is 1.71. The molecule has 170 valence electrons. The van der Waals surface area contributed by atoms with Crippen LogP contribution in [0, 0.1) is 10.1 Å². The number of carbonyl (C=O) groups is 2. The van der Waals surface area contributed by atoms with Crippen molar-refractivity contribution in [3.8, 4) is 5.75 Å². The Morgan fingerprint density at radius 1 is 1.21 bits per heavy atom. The van der Waals surface area contributed by atoms with E-state index in [9.17, 15) is 24.5 Å². The Labute approximate surface area is 191 Å². The maximum atomic E-state index is 12.4. The Morgan fingerprint density at radius 3 is 2.76 bits per heavy atom. The zero-order valence-electron chi connectivity index (χ0n) is 17.0. The van der Waals surface area contributed by atoms with Gasteiger partial charge in [0, 0.05) is 30.7 Å². The highest BCUT2D eigenvalue weighted by Crippen LogP contribution is 2.26. The van der Waals surface area contributed by atoms with Gasteiger partial charge in [0.1, 0.15) is 21.9 Å². The number of fused-ring (bicyclic) bond motifs is 1. The Bertz CT molecular complexity index is 1310. The van der Waals surface area contributed by atoms with Crippen LogP contribution in [0.4, 0.5) is 5.69 Å². The molecule has 10 nitrogen and oxygen atoms in total. The summed E-state index contributed by atoms with van der Waals surface area (Å²) in [6, 6.07) is 9.18. The van der Waals surface area contributed by atoms with Gasteiger partial charge in [0.05, 0.1) is 16.6 Å². The van der Waals surface area contributed by atoms with E-state index in [1.165, 1.54) is 36.4 Å². The summed E-state index contributed by atoms with van der Waals surface area (Å²) < 4.78 is 15.9. The monoisotopic (exact) mass is 472 g/mol. The summed E-state index contributed by atoms with van der Waals surface area (Å²) in [6.45, 7) is 0.953. The number of nitro groups is 1. The molecule has 1 aromatic heterocycles. The van der Waals surface area contributed by atoms with Gasteiger partial charge in [-0.15, -0.1) is 0 Å². The van der Waals surface area contributed by atoms with Crippen LogP contribution in [0.5, 0.6) is 5.75 Å². The van der Waals surface area contributed by atoms with Gasteiger partial charge in [-0.1, -0.05) is 11.6 Å². The lowest BCUT2D eigenvalue weighted by atomic mass is 10.1. The molecule has 0 spiro atoms.